The lowest BCUT2D eigenvalue weighted by Gasteiger charge is -2.29. The SMILES string of the molecule is CCC(C)N(CC(=O)O)c1nc(C)cc(C)c1C#N. The topological polar surface area (TPSA) is 77.2 Å². The van der Waals surface area contributed by atoms with Crippen LogP contribution >= 0.6 is 0 Å². The number of pyridine rings is 1. The number of aryl methyl sites for hydroxylation is 2. The van der Waals surface area contributed by atoms with E-state index in [0.29, 0.717) is 11.4 Å². The fourth-order valence-electron chi connectivity index (χ4n) is 1.97. The molecule has 0 saturated heterocycles. The summed E-state index contributed by atoms with van der Waals surface area (Å²) in [6.07, 6.45) is 0.785. The molecule has 0 aliphatic carbocycles. The fourth-order valence-corrected chi connectivity index (χ4v) is 1.97. The van der Waals surface area contributed by atoms with Gasteiger partial charge in [-0.1, -0.05) is 6.92 Å². The number of hydrogen-bond donors (Lipinski definition) is 1. The van der Waals surface area contributed by atoms with Gasteiger partial charge in [0, 0.05) is 11.7 Å². The minimum Gasteiger partial charge on any atom is -0.480 e. The molecule has 0 aromatic carbocycles. The van der Waals surface area contributed by atoms with Gasteiger partial charge in [-0.2, -0.15) is 5.26 Å². The molecule has 1 atom stereocenters. The van der Waals surface area contributed by atoms with Crippen molar-refractivity contribution in [2.45, 2.75) is 40.2 Å². The van der Waals surface area contributed by atoms with Crippen LogP contribution < -0.4 is 4.90 Å². The van der Waals surface area contributed by atoms with Crippen molar-refractivity contribution in [1.29, 1.82) is 5.26 Å². The number of carbonyl (C=O) groups is 1. The summed E-state index contributed by atoms with van der Waals surface area (Å²) in [5.41, 5.74) is 2.06. The Labute approximate surface area is 113 Å². The van der Waals surface area contributed by atoms with E-state index in [0.717, 1.165) is 17.7 Å². The van der Waals surface area contributed by atoms with Gasteiger partial charge >= 0.3 is 5.97 Å². The summed E-state index contributed by atoms with van der Waals surface area (Å²) in [4.78, 5) is 17.1. The number of rotatable bonds is 5. The lowest BCUT2D eigenvalue weighted by atomic mass is 10.1. The van der Waals surface area contributed by atoms with Crippen LogP contribution in [0.3, 0.4) is 0 Å². The second-order valence-corrected chi connectivity index (χ2v) is 4.67. The number of aliphatic carboxylic acids is 1. The predicted octanol–water partition coefficient (Wildman–Crippen LogP) is 2.26. The van der Waals surface area contributed by atoms with Crippen molar-refractivity contribution < 1.29 is 9.90 Å². The van der Waals surface area contributed by atoms with E-state index in [1.54, 1.807) is 4.90 Å². The number of carboxylic acids is 1. The van der Waals surface area contributed by atoms with Gasteiger partial charge < -0.3 is 10.0 Å². The summed E-state index contributed by atoms with van der Waals surface area (Å²) >= 11 is 0. The highest BCUT2D eigenvalue weighted by Crippen LogP contribution is 2.24. The van der Waals surface area contributed by atoms with Crippen LogP contribution in [-0.4, -0.2) is 28.6 Å². The highest BCUT2D eigenvalue weighted by Gasteiger charge is 2.22. The lowest BCUT2D eigenvalue weighted by molar-refractivity contribution is -0.135. The molecule has 0 spiro atoms. The van der Waals surface area contributed by atoms with Crippen LogP contribution in [0.15, 0.2) is 6.07 Å². The van der Waals surface area contributed by atoms with Gasteiger partial charge in [0.1, 0.15) is 18.4 Å². The highest BCUT2D eigenvalue weighted by atomic mass is 16.4. The van der Waals surface area contributed by atoms with Gasteiger partial charge in [0.05, 0.1) is 5.56 Å². The monoisotopic (exact) mass is 261 g/mol. The van der Waals surface area contributed by atoms with Crippen molar-refractivity contribution in [3.8, 4) is 6.07 Å². The molecule has 1 heterocycles. The Morgan fingerprint density at radius 1 is 1.58 bits per heavy atom. The second-order valence-electron chi connectivity index (χ2n) is 4.67. The van der Waals surface area contributed by atoms with Gasteiger partial charge in [-0.05, 0) is 38.8 Å². The van der Waals surface area contributed by atoms with Crippen LogP contribution in [0.5, 0.6) is 0 Å². The zero-order valence-corrected chi connectivity index (χ0v) is 11.8. The minimum absolute atomic E-state index is 0.0110. The molecule has 5 nitrogen and oxygen atoms in total. The average Bonchev–Trinajstić information content (AvgIpc) is 2.34. The van der Waals surface area contributed by atoms with E-state index in [2.05, 4.69) is 11.1 Å². The molecule has 0 radical (unpaired) electrons. The van der Waals surface area contributed by atoms with Crippen LogP contribution in [0.1, 0.15) is 37.1 Å². The standard InChI is InChI=1S/C14H19N3O2/c1-5-11(4)17(8-13(18)19)14-12(7-15)9(2)6-10(3)16-14/h6,11H,5,8H2,1-4H3,(H,18,19). The molecule has 0 aliphatic rings. The smallest absolute Gasteiger partial charge is 0.323 e. The van der Waals surface area contributed by atoms with Crippen molar-refractivity contribution in [1.82, 2.24) is 4.98 Å². The Morgan fingerprint density at radius 2 is 2.21 bits per heavy atom. The van der Waals surface area contributed by atoms with Crippen molar-refractivity contribution in [3.05, 3.63) is 22.9 Å². The normalized spacial score (nSPS) is 11.7. The Morgan fingerprint density at radius 3 is 2.68 bits per heavy atom. The third kappa shape index (κ3) is 3.44. The number of anilines is 1. The van der Waals surface area contributed by atoms with Gasteiger partial charge in [-0.3, -0.25) is 4.79 Å². The van der Waals surface area contributed by atoms with Gasteiger partial charge in [-0.25, -0.2) is 4.98 Å². The van der Waals surface area contributed by atoms with Crippen molar-refractivity contribution >= 4 is 11.8 Å². The third-order valence-corrected chi connectivity index (χ3v) is 3.14. The Balaban J connectivity index is 3.37. The van der Waals surface area contributed by atoms with E-state index in [4.69, 9.17) is 5.11 Å². The number of aromatic nitrogens is 1. The van der Waals surface area contributed by atoms with Crippen molar-refractivity contribution in [2.24, 2.45) is 0 Å². The minimum atomic E-state index is -0.926. The maximum absolute atomic E-state index is 11.0. The first-order valence-corrected chi connectivity index (χ1v) is 6.27. The van der Waals surface area contributed by atoms with E-state index < -0.39 is 5.97 Å². The summed E-state index contributed by atoms with van der Waals surface area (Å²) in [7, 11) is 0. The maximum Gasteiger partial charge on any atom is 0.323 e. The van der Waals surface area contributed by atoms with Crippen LogP contribution in [0.2, 0.25) is 0 Å². The summed E-state index contributed by atoms with van der Waals surface area (Å²) in [6.45, 7) is 7.44. The van der Waals surface area contributed by atoms with Crippen molar-refractivity contribution in [2.75, 3.05) is 11.4 Å². The second kappa shape index (κ2) is 6.19. The first kappa shape index (κ1) is 15.0. The van der Waals surface area contributed by atoms with Crippen molar-refractivity contribution in [3.63, 3.8) is 0 Å². The van der Waals surface area contributed by atoms with Crippen LogP contribution in [0, 0.1) is 25.2 Å². The van der Waals surface area contributed by atoms with Gasteiger partial charge in [-0.15, -0.1) is 0 Å². The zero-order chi connectivity index (χ0) is 14.6. The molecule has 1 unspecified atom stereocenters. The van der Waals surface area contributed by atoms with Crippen LogP contribution in [0.4, 0.5) is 5.82 Å². The van der Waals surface area contributed by atoms with Gasteiger partial charge in [0.15, 0.2) is 0 Å². The third-order valence-electron chi connectivity index (χ3n) is 3.14. The Kier molecular flexibility index (Phi) is 4.87. The molecule has 5 heteroatoms. The molecule has 19 heavy (non-hydrogen) atoms. The van der Waals surface area contributed by atoms with Crippen LogP contribution in [0.25, 0.3) is 0 Å². The summed E-state index contributed by atoms with van der Waals surface area (Å²) in [6, 6.07) is 3.97. The van der Waals surface area contributed by atoms with Gasteiger partial charge in [0.2, 0.25) is 0 Å². The largest absolute Gasteiger partial charge is 0.480 e. The molecule has 1 aromatic heterocycles. The quantitative estimate of drug-likeness (QED) is 0.879. The van der Waals surface area contributed by atoms with E-state index >= 15 is 0 Å². The van der Waals surface area contributed by atoms with E-state index in [1.165, 1.54) is 0 Å². The number of carboxylic acid groups (broad SMARTS) is 1. The molecule has 1 N–H and O–H groups in total. The molecule has 1 aromatic rings. The first-order chi connectivity index (χ1) is 8.90. The fraction of sp³-hybridized carbons (Fsp3) is 0.500. The Bertz CT molecular complexity index is 520. The van der Waals surface area contributed by atoms with E-state index in [1.807, 2.05) is 33.8 Å². The number of nitrogens with zero attached hydrogens (tertiary/aromatic N) is 3. The molecule has 102 valence electrons. The molecule has 0 amide bonds. The summed E-state index contributed by atoms with van der Waals surface area (Å²) in [5, 5.41) is 18.3. The first-order valence-electron chi connectivity index (χ1n) is 6.27. The molecule has 0 fully saturated rings. The molecule has 0 saturated carbocycles. The summed E-state index contributed by atoms with van der Waals surface area (Å²) in [5.74, 6) is -0.457. The molecular weight excluding hydrogens is 242 g/mol. The van der Waals surface area contributed by atoms with E-state index in [-0.39, 0.29) is 12.6 Å². The zero-order valence-electron chi connectivity index (χ0n) is 11.8. The molecule has 0 bridgehead atoms. The summed E-state index contributed by atoms with van der Waals surface area (Å²) < 4.78 is 0. The molecule has 0 aliphatic heterocycles. The highest BCUT2D eigenvalue weighted by molar-refractivity contribution is 5.74. The van der Waals surface area contributed by atoms with E-state index in [9.17, 15) is 10.1 Å². The predicted molar refractivity (Wildman–Crippen MR) is 73.2 cm³/mol. The maximum atomic E-state index is 11.0. The lowest BCUT2D eigenvalue weighted by Crippen LogP contribution is -2.38. The average molecular weight is 261 g/mol. The number of hydrogen-bond acceptors (Lipinski definition) is 4. The van der Waals surface area contributed by atoms with Crippen LogP contribution in [-0.2, 0) is 4.79 Å². The molecular formula is C14H19N3O2. The number of nitriles is 1. The Hall–Kier alpha value is -2.09. The van der Waals surface area contributed by atoms with Gasteiger partial charge in [0.25, 0.3) is 0 Å². The molecule has 1 rings (SSSR count).